The number of anilines is 1. The fourth-order valence-corrected chi connectivity index (χ4v) is 3.74. The molecule has 146 valence electrons. The van der Waals surface area contributed by atoms with Gasteiger partial charge in [0.2, 0.25) is 12.7 Å². The lowest BCUT2D eigenvalue weighted by atomic mass is 10.1. The molecule has 0 radical (unpaired) electrons. The van der Waals surface area contributed by atoms with Crippen molar-refractivity contribution in [3.8, 4) is 11.5 Å². The van der Waals surface area contributed by atoms with Crippen molar-refractivity contribution in [1.82, 2.24) is 4.90 Å². The molecular weight excluding hydrogens is 380 g/mol. The lowest BCUT2D eigenvalue weighted by Crippen LogP contribution is -2.31. The molecule has 2 aliphatic rings. The highest BCUT2D eigenvalue weighted by atomic mass is 35.5. The van der Waals surface area contributed by atoms with E-state index in [1.165, 1.54) is 0 Å². The summed E-state index contributed by atoms with van der Waals surface area (Å²) in [5.74, 6) is 1.35. The van der Waals surface area contributed by atoms with E-state index in [4.69, 9.17) is 21.1 Å². The highest BCUT2D eigenvalue weighted by Gasteiger charge is 2.25. The van der Waals surface area contributed by atoms with Crippen LogP contribution in [0, 0.1) is 0 Å². The molecule has 0 N–H and O–H groups in total. The molecule has 0 spiro atoms. The molecule has 2 aromatic carbocycles. The summed E-state index contributed by atoms with van der Waals surface area (Å²) in [5.41, 5.74) is 2.08. The topological polar surface area (TPSA) is 59.1 Å². The molecule has 6 nitrogen and oxygen atoms in total. The molecule has 2 aromatic rings. The number of benzene rings is 2. The molecule has 0 atom stereocenters. The standard InChI is InChI=1S/C21H21ClN2O4/c1-2-23(12-14-5-8-18-19(10-14)28-13-27-18)21(26)15-6-7-16(22)17(11-15)24-9-3-4-20(24)25/h5-8,10-11H,2-4,9,12-13H2,1H3. The smallest absolute Gasteiger partial charge is 0.254 e. The third-order valence-corrected chi connectivity index (χ3v) is 5.36. The first-order valence-corrected chi connectivity index (χ1v) is 9.72. The molecule has 1 fully saturated rings. The van der Waals surface area contributed by atoms with Crippen LogP contribution in [0.2, 0.25) is 5.02 Å². The molecule has 0 unspecified atom stereocenters. The quantitative estimate of drug-likeness (QED) is 0.764. The van der Waals surface area contributed by atoms with E-state index < -0.39 is 0 Å². The summed E-state index contributed by atoms with van der Waals surface area (Å²) in [6.07, 6.45) is 1.32. The molecule has 0 aliphatic carbocycles. The Labute approximate surface area is 168 Å². The summed E-state index contributed by atoms with van der Waals surface area (Å²) >= 11 is 6.30. The predicted molar refractivity (Wildman–Crippen MR) is 106 cm³/mol. The first-order valence-electron chi connectivity index (χ1n) is 9.34. The van der Waals surface area contributed by atoms with E-state index in [1.54, 1.807) is 28.0 Å². The molecule has 0 bridgehead atoms. The van der Waals surface area contributed by atoms with Crippen LogP contribution in [0.25, 0.3) is 0 Å². The number of ether oxygens (including phenoxy) is 2. The maximum Gasteiger partial charge on any atom is 0.254 e. The number of rotatable bonds is 5. The Balaban J connectivity index is 1.56. The van der Waals surface area contributed by atoms with E-state index >= 15 is 0 Å². The summed E-state index contributed by atoms with van der Waals surface area (Å²) in [4.78, 5) is 28.6. The zero-order valence-corrected chi connectivity index (χ0v) is 16.4. The van der Waals surface area contributed by atoms with E-state index in [-0.39, 0.29) is 18.6 Å². The molecule has 0 aromatic heterocycles. The number of nitrogens with zero attached hydrogens (tertiary/aromatic N) is 2. The van der Waals surface area contributed by atoms with Gasteiger partial charge in [-0.1, -0.05) is 17.7 Å². The van der Waals surface area contributed by atoms with Gasteiger partial charge in [-0.15, -0.1) is 0 Å². The van der Waals surface area contributed by atoms with Gasteiger partial charge in [-0.2, -0.15) is 0 Å². The van der Waals surface area contributed by atoms with Crippen LogP contribution >= 0.6 is 11.6 Å². The van der Waals surface area contributed by atoms with Gasteiger partial charge < -0.3 is 19.3 Å². The number of carbonyl (C=O) groups is 2. The van der Waals surface area contributed by atoms with Crippen molar-refractivity contribution in [1.29, 1.82) is 0 Å². The van der Waals surface area contributed by atoms with Crippen molar-refractivity contribution in [3.63, 3.8) is 0 Å². The van der Waals surface area contributed by atoms with Gasteiger partial charge in [0.1, 0.15) is 0 Å². The van der Waals surface area contributed by atoms with E-state index in [1.807, 2.05) is 25.1 Å². The lowest BCUT2D eigenvalue weighted by molar-refractivity contribution is -0.117. The van der Waals surface area contributed by atoms with Gasteiger partial charge in [-0.3, -0.25) is 9.59 Å². The van der Waals surface area contributed by atoms with Crippen molar-refractivity contribution in [2.24, 2.45) is 0 Å². The highest BCUT2D eigenvalue weighted by molar-refractivity contribution is 6.34. The minimum atomic E-state index is -0.107. The minimum Gasteiger partial charge on any atom is -0.454 e. The van der Waals surface area contributed by atoms with Crippen molar-refractivity contribution in [2.45, 2.75) is 26.3 Å². The second-order valence-corrected chi connectivity index (χ2v) is 7.23. The van der Waals surface area contributed by atoms with Crippen molar-refractivity contribution < 1.29 is 19.1 Å². The summed E-state index contributed by atoms with van der Waals surface area (Å²) in [6, 6.07) is 10.8. The summed E-state index contributed by atoms with van der Waals surface area (Å²) in [5, 5.41) is 0.477. The van der Waals surface area contributed by atoms with Gasteiger partial charge in [0, 0.05) is 31.6 Å². The van der Waals surface area contributed by atoms with Crippen LogP contribution in [0.5, 0.6) is 11.5 Å². The molecule has 7 heteroatoms. The Morgan fingerprint density at radius 1 is 1.18 bits per heavy atom. The van der Waals surface area contributed by atoms with Crippen LogP contribution in [0.4, 0.5) is 5.69 Å². The summed E-state index contributed by atoms with van der Waals surface area (Å²) in [7, 11) is 0. The van der Waals surface area contributed by atoms with E-state index in [2.05, 4.69) is 0 Å². The number of fused-ring (bicyclic) bond motifs is 1. The Morgan fingerprint density at radius 3 is 2.75 bits per heavy atom. The molecule has 2 aliphatic heterocycles. The maximum absolute atomic E-state index is 13.1. The molecule has 4 rings (SSSR count). The maximum atomic E-state index is 13.1. The lowest BCUT2D eigenvalue weighted by Gasteiger charge is -2.23. The van der Waals surface area contributed by atoms with E-state index in [9.17, 15) is 9.59 Å². The second kappa shape index (κ2) is 7.72. The van der Waals surface area contributed by atoms with E-state index in [0.29, 0.717) is 48.1 Å². The second-order valence-electron chi connectivity index (χ2n) is 6.82. The van der Waals surface area contributed by atoms with Crippen LogP contribution < -0.4 is 14.4 Å². The molecular formula is C21H21ClN2O4. The van der Waals surface area contributed by atoms with Crippen molar-refractivity contribution >= 4 is 29.1 Å². The summed E-state index contributed by atoms with van der Waals surface area (Å²) < 4.78 is 10.8. The predicted octanol–water partition coefficient (Wildman–Crippen LogP) is 3.86. The number of halogens is 1. The van der Waals surface area contributed by atoms with E-state index in [0.717, 1.165) is 17.7 Å². The van der Waals surface area contributed by atoms with Crippen LogP contribution in [-0.4, -0.2) is 36.6 Å². The Morgan fingerprint density at radius 2 is 2.00 bits per heavy atom. The largest absolute Gasteiger partial charge is 0.454 e. The van der Waals surface area contributed by atoms with Gasteiger partial charge >= 0.3 is 0 Å². The molecule has 28 heavy (non-hydrogen) atoms. The van der Waals surface area contributed by atoms with Gasteiger partial charge in [-0.25, -0.2) is 0 Å². The van der Waals surface area contributed by atoms with Crippen molar-refractivity contribution in [3.05, 3.63) is 52.5 Å². The Kier molecular flexibility index (Phi) is 5.13. The van der Waals surface area contributed by atoms with Crippen molar-refractivity contribution in [2.75, 3.05) is 24.8 Å². The molecule has 2 heterocycles. The van der Waals surface area contributed by atoms with Crippen LogP contribution in [0.1, 0.15) is 35.7 Å². The third kappa shape index (κ3) is 3.52. The first-order chi connectivity index (χ1) is 13.6. The Bertz CT molecular complexity index is 931. The fourth-order valence-electron chi connectivity index (χ4n) is 3.52. The van der Waals surface area contributed by atoms with Crippen LogP contribution in [-0.2, 0) is 11.3 Å². The number of amides is 2. The minimum absolute atomic E-state index is 0.0409. The summed E-state index contributed by atoms with van der Waals surface area (Å²) in [6.45, 7) is 3.79. The van der Waals surface area contributed by atoms with Gasteiger partial charge in [0.25, 0.3) is 5.91 Å². The fraction of sp³-hybridized carbons (Fsp3) is 0.333. The average Bonchev–Trinajstić information content (AvgIpc) is 3.34. The number of hydrogen-bond donors (Lipinski definition) is 0. The van der Waals surface area contributed by atoms with Gasteiger partial charge in [0.05, 0.1) is 10.7 Å². The monoisotopic (exact) mass is 400 g/mol. The average molecular weight is 401 g/mol. The third-order valence-electron chi connectivity index (χ3n) is 5.04. The van der Waals surface area contributed by atoms with Gasteiger partial charge in [0.15, 0.2) is 11.5 Å². The zero-order chi connectivity index (χ0) is 19.7. The molecule has 1 saturated heterocycles. The number of hydrogen-bond acceptors (Lipinski definition) is 4. The first kappa shape index (κ1) is 18.6. The normalized spacial score (nSPS) is 15.2. The SMILES string of the molecule is CCN(Cc1ccc2c(c1)OCO2)C(=O)c1ccc(Cl)c(N2CCCC2=O)c1. The Hall–Kier alpha value is -2.73. The molecule has 2 amide bonds. The molecule has 0 saturated carbocycles. The highest BCUT2D eigenvalue weighted by Crippen LogP contribution is 2.33. The zero-order valence-electron chi connectivity index (χ0n) is 15.6. The van der Waals surface area contributed by atoms with Crippen LogP contribution in [0.15, 0.2) is 36.4 Å². The van der Waals surface area contributed by atoms with Crippen LogP contribution in [0.3, 0.4) is 0 Å². The van der Waals surface area contributed by atoms with Gasteiger partial charge in [-0.05, 0) is 49.2 Å². The number of carbonyl (C=O) groups excluding carboxylic acids is 2.